The second-order valence-electron chi connectivity index (χ2n) is 4.10. The monoisotopic (exact) mass is 231 g/mol. The van der Waals surface area contributed by atoms with Gasteiger partial charge in [-0.3, -0.25) is 9.88 Å². The summed E-state index contributed by atoms with van der Waals surface area (Å²) in [5.41, 5.74) is 8.01. The average molecular weight is 231 g/mol. The quantitative estimate of drug-likeness (QED) is 0.852. The molecule has 0 atom stereocenters. The smallest absolute Gasteiger partial charge is 0.121 e. The van der Waals surface area contributed by atoms with Crippen molar-refractivity contribution in [1.82, 2.24) is 9.88 Å². The Balaban J connectivity index is 1.96. The lowest BCUT2D eigenvalue weighted by atomic mass is 10.2. The van der Waals surface area contributed by atoms with E-state index in [1.54, 1.807) is 6.26 Å². The van der Waals surface area contributed by atoms with Gasteiger partial charge in [0.25, 0.3) is 0 Å². The Morgan fingerprint density at radius 2 is 2.00 bits per heavy atom. The molecule has 0 fully saturated rings. The van der Waals surface area contributed by atoms with Crippen LogP contribution in [0.3, 0.4) is 0 Å². The maximum atomic E-state index is 5.60. The summed E-state index contributed by atoms with van der Waals surface area (Å²) >= 11 is 0. The molecule has 2 N–H and O–H groups in total. The topological polar surface area (TPSA) is 55.3 Å². The Labute approximate surface area is 101 Å². The van der Waals surface area contributed by atoms with Crippen LogP contribution in [0.15, 0.2) is 41.3 Å². The Kier molecular flexibility index (Phi) is 3.90. The molecule has 0 saturated carbocycles. The van der Waals surface area contributed by atoms with Crippen LogP contribution in [0.1, 0.15) is 16.9 Å². The Hall–Kier alpha value is -1.65. The molecule has 90 valence electrons. The summed E-state index contributed by atoms with van der Waals surface area (Å²) in [6.07, 6.45) is 5.32. The Bertz CT molecular complexity index is 453. The van der Waals surface area contributed by atoms with Gasteiger partial charge in [0.15, 0.2) is 0 Å². The van der Waals surface area contributed by atoms with Gasteiger partial charge in [0.2, 0.25) is 0 Å². The van der Waals surface area contributed by atoms with Gasteiger partial charge in [-0.05, 0) is 30.8 Å². The molecule has 2 aromatic heterocycles. The van der Waals surface area contributed by atoms with E-state index in [1.165, 1.54) is 5.56 Å². The van der Waals surface area contributed by atoms with Gasteiger partial charge in [0.1, 0.15) is 5.76 Å². The van der Waals surface area contributed by atoms with Crippen molar-refractivity contribution in [3.05, 3.63) is 53.7 Å². The number of pyridine rings is 1. The number of furan rings is 1. The molecule has 0 amide bonds. The molecule has 0 aromatic carbocycles. The minimum Gasteiger partial charge on any atom is -0.468 e. The van der Waals surface area contributed by atoms with Crippen molar-refractivity contribution in [3.8, 4) is 0 Å². The summed E-state index contributed by atoms with van der Waals surface area (Å²) in [6, 6.07) is 6.02. The minimum atomic E-state index is 0.450. The molecule has 2 aromatic rings. The molecule has 0 aliphatic heterocycles. The fourth-order valence-electron chi connectivity index (χ4n) is 1.83. The van der Waals surface area contributed by atoms with Crippen molar-refractivity contribution in [3.63, 3.8) is 0 Å². The normalized spacial score (nSPS) is 11.0. The third-order valence-corrected chi connectivity index (χ3v) is 2.67. The molecular weight excluding hydrogens is 214 g/mol. The molecule has 0 saturated heterocycles. The lowest BCUT2D eigenvalue weighted by Crippen LogP contribution is -2.18. The molecule has 0 aliphatic carbocycles. The van der Waals surface area contributed by atoms with Crippen LogP contribution < -0.4 is 5.73 Å². The van der Waals surface area contributed by atoms with E-state index in [9.17, 15) is 0 Å². The van der Waals surface area contributed by atoms with Crippen molar-refractivity contribution >= 4 is 0 Å². The van der Waals surface area contributed by atoms with E-state index in [1.807, 2.05) is 30.6 Å². The Morgan fingerprint density at radius 3 is 2.71 bits per heavy atom. The van der Waals surface area contributed by atoms with Crippen molar-refractivity contribution in [2.45, 2.75) is 19.6 Å². The lowest BCUT2D eigenvalue weighted by molar-refractivity contribution is 0.315. The summed E-state index contributed by atoms with van der Waals surface area (Å²) < 4.78 is 5.30. The van der Waals surface area contributed by atoms with E-state index >= 15 is 0 Å². The third kappa shape index (κ3) is 3.15. The standard InChI is InChI=1S/C13H17N3O/c1-16(9-11-2-5-15-6-3-11)10-12-4-7-17-13(12)8-14/h2-7H,8-10,14H2,1H3. The predicted octanol–water partition coefficient (Wildman–Crippen LogP) is 1.77. The summed E-state index contributed by atoms with van der Waals surface area (Å²) in [6.45, 7) is 2.18. The SMILES string of the molecule is CN(Cc1ccncc1)Cc1ccoc1CN. The second kappa shape index (κ2) is 5.61. The number of aromatic nitrogens is 1. The van der Waals surface area contributed by atoms with Crippen LogP contribution in [-0.4, -0.2) is 16.9 Å². The fourth-order valence-corrected chi connectivity index (χ4v) is 1.83. The van der Waals surface area contributed by atoms with Gasteiger partial charge in [-0.2, -0.15) is 0 Å². The number of hydrogen-bond donors (Lipinski definition) is 1. The first-order valence-electron chi connectivity index (χ1n) is 5.62. The summed E-state index contributed by atoms with van der Waals surface area (Å²) in [7, 11) is 2.08. The summed E-state index contributed by atoms with van der Waals surface area (Å²) in [5, 5.41) is 0. The van der Waals surface area contributed by atoms with Gasteiger partial charge in [0, 0.05) is 31.0 Å². The van der Waals surface area contributed by atoms with Crippen LogP contribution in [0.25, 0.3) is 0 Å². The van der Waals surface area contributed by atoms with Gasteiger partial charge in [-0.25, -0.2) is 0 Å². The minimum absolute atomic E-state index is 0.450. The first kappa shape index (κ1) is 11.8. The molecule has 4 nitrogen and oxygen atoms in total. The van der Waals surface area contributed by atoms with E-state index in [2.05, 4.69) is 16.9 Å². The Morgan fingerprint density at radius 1 is 1.24 bits per heavy atom. The maximum Gasteiger partial charge on any atom is 0.121 e. The highest BCUT2D eigenvalue weighted by Crippen LogP contribution is 2.13. The highest BCUT2D eigenvalue weighted by molar-refractivity contribution is 5.17. The van der Waals surface area contributed by atoms with Crippen molar-refractivity contribution in [2.75, 3.05) is 7.05 Å². The summed E-state index contributed by atoms with van der Waals surface area (Å²) in [4.78, 5) is 6.23. The zero-order chi connectivity index (χ0) is 12.1. The lowest BCUT2D eigenvalue weighted by Gasteiger charge is -2.16. The van der Waals surface area contributed by atoms with E-state index in [4.69, 9.17) is 10.2 Å². The van der Waals surface area contributed by atoms with E-state index in [-0.39, 0.29) is 0 Å². The summed E-state index contributed by atoms with van der Waals surface area (Å²) in [5.74, 6) is 0.867. The fraction of sp³-hybridized carbons (Fsp3) is 0.308. The van der Waals surface area contributed by atoms with Crippen LogP contribution in [0, 0.1) is 0 Å². The van der Waals surface area contributed by atoms with Crippen molar-refractivity contribution in [2.24, 2.45) is 5.73 Å². The molecule has 2 heterocycles. The predicted molar refractivity (Wildman–Crippen MR) is 66.0 cm³/mol. The van der Waals surface area contributed by atoms with Crippen LogP contribution in [0.5, 0.6) is 0 Å². The first-order valence-corrected chi connectivity index (χ1v) is 5.62. The maximum absolute atomic E-state index is 5.60. The van der Waals surface area contributed by atoms with Gasteiger partial charge >= 0.3 is 0 Å². The second-order valence-corrected chi connectivity index (χ2v) is 4.10. The van der Waals surface area contributed by atoms with Gasteiger partial charge in [-0.15, -0.1) is 0 Å². The largest absolute Gasteiger partial charge is 0.468 e. The van der Waals surface area contributed by atoms with Crippen LogP contribution >= 0.6 is 0 Å². The molecule has 0 bridgehead atoms. The molecule has 0 spiro atoms. The molecule has 0 radical (unpaired) electrons. The number of nitrogens with two attached hydrogens (primary N) is 1. The zero-order valence-corrected chi connectivity index (χ0v) is 9.97. The van der Waals surface area contributed by atoms with E-state index in [0.29, 0.717) is 6.54 Å². The van der Waals surface area contributed by atoms with E-state index in [0.717, 1.165) is 24.4 Å². The molecule has 2 rings (SSSR count). The van der Waals surface area contributed by atoms with Gasteiger partial charge < -0.3 is 10.2 Å². The first-order chi connectivity index (χ1) is 8.29. The number of hydrogen-bond acceptors (Lipinski definition) is 4. The van der Waals surface area contributed by atoms with Crippen LogP contribution in [-0.2, 0) is 19.6 Å². The molecule has 0 unspecified atom stereocenters. The van der Waals surface area contributed by atoms with Crippen LogP contribution in [0.4, 0.5) is 0 Å². The third-order valence-electron chi connectivity index (χ3n) is 2.67. The number of rotatable bonds is 5. The highest BCUT2D eigenvalue weighted by Gasteiger charge is 2.07. The number of nitrogens with zero attached hydrogens (tertiary/aromatic N) is 2. The highest BCUT2D eigenvalue weighted by atomic mass is 16.3. The molecule has 4 heteroatoms. The van der Waals surface area contributed by atoms with Crippen molar-refractivity contribution < 1.29 is 4.42 Å². The van der Waals surface area contributed by atoms with Gasteiger partial charge in [0.05, 0.1) is 12.8 Å². The molecule has 17 heavy (non-hydrogen) atoms. The van der Waals surface area contributed by atoms with Gasteiger partial charge in [-0.1, -0.05) is 0 Å². The van der Waals surface area contributed by atoms with Crippen LogP contribution in [0.2, 0.25) is 0 Å². The zero-order valence-electron chi connectivity index (χ0n) is 9.97. The molecular formula is C13H17N3O. The van der Waals surface area contributed by atoms with Crippen molar-refractivity contribution in [1.29, 1.82) is 0 Å². The molecule has 0 aliphatic rings. The average Bonchev–Trinajstić information content (AvgIpc) is 2.77. The van der Waals surface area contributed by atoms with E-state index < -0.39 is 0 Å².